The summed E-state index contributed by atoms with van der Waals surface area (Å²) in [7, 11) is 0. The van der Waals surface area contributed by atoms with Crippen molar-refractivity contribution < 1.29 is 24.2 Å². The molecule has 0 aliphatic carbocycles. The van der Waals surface area contributed by atoms with Crippen molar-refractivity contribution in [2.24, 2.45) is 5.73 Å². The molecule has 6 rings (SSSR count). The molecule has 9 heteroatoms. The zero-order valence-corrected chi connectivity index (χ0v) is 23.1. The van der Waals surface area contributed by atoms with Crippen molar-refractivity contribution in [2.75, 3.05) is 13.1 Å². The highest BCUT2D eigenvalue weighted by Gasteiger charge is 2.39. The maximum atomic E-state index is 12.2. The molecule has 2 fully saturated rings. The van der Waals surface area contributed by atoms with Crippen molar-refractivity contribution in [3.8, 4) is 11.5 Å². The number of rotatable bonds is 7. The summed E-state index contributed by atoms with van der Waals surface area (Å²) in [5.41, 5.74) is 10.5. The summed E-state index contributed by atoms with van der Waals surface area (Å²) in [5.74, 6) is 0.0701. The summed E-state index contributed by atoms with van der Waals surface area (Å²) in [6, 6.07) is 20.6. The first-order valence-electron chi connectivity index (χ1n) is 14.1. The lowest BCUT2D eigenvalue weighted by atomic mass is 10.0. The molecule has 214 valence electrons. The number of imide groups is 1. The smallest absolute Gasteiger partial charge is 0.255 e. The number of nitrogens with zero attached hydrogens (tertiary/aromatic N) is 2. The van der Waals surface area contributed by atoms with Crippen molar-refractivity contribution in [3.63, 3.8) is 0 Å². The van der Waals surface area contributed by atoms with Gasteiger partial charge in [-0.05, 0) is 84.9 Å². The van der Waals surface area contributed by atoms with E-state index in [1.807, 2.05) is 18.2 Å². The van der Waals surface area contributed by atoms with E-state index in [-0.39, 0.29) is 30.5 Å². The number of nitrogens with one attached hydrogen (secondary N) is 1. The Bertz CT molecular complexity index is 1420. The number of phenols is 1. The van der Waals surface area contributed by atoms with E-state index in [0.29, 0.717) is 30.7 Å². The fourth-order valence-electron chi connectivity index (χ4n) is 5.51. The van der Waals surface area contributed by atoms with Gasteiger partial charge < -0.3 is 20.5 Å². The Balaban J connectivity index is 0.000000166. The molecular formula is C32H36N4O5. The van der Waals surface area contributed by atoms with Gasteiger partial charge in [0.15, 0.2) is 0 Å². The Morgan fingerprint density at radius 2 is 1.68 bits per heavy atom. The van der Waals surface area contributed by atoms with Crippen LogP contribution in [0, 0.1) is 0 Å². The number of ether oxygens (including phenoxy) is 1. The molecule has 0 saturated carbocycles. The third-order valence-corrected chi connectivity index (χ3v) is 7.64. The Morgan fingerprint density at radius 1 is 0.927 bits per heavy atom. The van der Waals surface area contributed by atoms with Crippen LogP contribution in [0.15, 0.2) is 66.7 Å². The molecule has 1 unspecified atom stereocenters. The van der Waals surface area contributed by atoms with Crippen LogP contribution in [-0.4, -0.2) is 51.8 Å². The fourth-order valence-corrected chi connectivity index (χ4v) is 5.51. The SMILES string of the molecule is NCc1cccc(COc2cccc(CN3CCCC3)c2)c1.O=C1CCC(N2Cc3cc(O)ccc3C2=O)C(=O)N1. The van der Waals surface area contributed by atoms with Crippen molar-refractivity contribution in [1.29, 1.82) is 0 Å². The van der Waals surface area contributed by atoms with Gasteiger partial charge in [-0.3, -0.25) is 24.6 Å². The van der Waals surface area contributed by atoms with E-state index in [9.17, 15) is 19.5 Å². The van der Waals surface area contributed by atoms with Gasteiger partial charge in [0.25, 0.3) is 5.91 Å². The number of benzene rings is 3. The number of phenolic OH excluding ortho intramolecular Hbond substituents is 1. The highest BCUT2D eigenvalue weighted by atomic mass is 16.5. The fraction of sp³-hybridized carbons (Fsp3) is 0.344. The predicted molar refractivity (Wildman–Crippen MR) is 154 cm³/mol. The van der Waals surface area contributed by atoms with Gasteiger partial charge in [0.1, 0.15) is 24.1 Å². The second-order valence-corrected chi connectivity index (χ2v) is 10.7. The van der Waals surface area contributed by atoms with Gasteiger partial charge in [0.05, 0.1) is 0 Å². The second-order valence-electron chi connectivity index (χ2n) is 10.7. The first-order valence-corrected chi connectivity index (χ1v) is 14.1. The molecule has 0 radical (unpaired) electrons. The first kappa shape index (κ1) is 28.3. The van der Waals surface area contributed by atoms with Crippen molar-refractivity contribution >= 4 is 17.7 Å². The number of aromatic hydroxyl groups is 1. The van der Waals surface area contributed by atoms with E-state index in [4.69, 9.17) is 10.5 Å². The maximum absolute atomic E-state index is 12.2. The molecule has 3 aliphatic heterocycles. The zero-order valence-electron chi connectivity index (χ0n) is 23.1. The number of carbonyl (C=O) groups is 3. The minimum absolute atomic E-state index is 0.0941. The lowest BCUT2D eigenvalue weighted by Crippen LogP contribution is -2.52. The standard InChI is InChI=1S/C19H24N2O.C13H12N2O4/c20-13-16-5-3-7-18(11-16)15-22-19-8-4-6-17(12-19)14-21-9-1-2-10-21;16-8-1-2-9-7(5-8)6-15(13(9)19)10-3-4-11(17)14-12(10)18/h3-8,11-12H,1-2,9-10,13-15,20H2;1-2,5,10,16H,3-4,6H2,(H,14,17,18). The summed E-state index contributed by atoms with van der Waals surface area (Å²) in [4.78, 5) is 39.1. The molecule has 41 heavy (non-hydrogen) atoms. The van der Waals surface area contributed by atoms with Gasteiger partial charge in [-0.2, -0.15) is 0 Å². The molecule has 3 amide bonds. The molecular weight excluding hydrogens is 520 g/mol. The number of likely N-dealkylation sites (tertiary alicyclic amines) is 1. The topological polar surface area (TPSA) is 125 Å². The third kappa shape index (κ3) is 7.11. The lowest BCUT2D eigenvalue weighted by Gasteiger charge is -2.29. The number of carbonyl (C=O) groups excluding carboxylic acids is 3. The maximum Gasteiger partial charge on any atom is 0.255 e. The summed E-state index contributed by atoms with van der Waals surface area (Å²) < 4.78 is 5.94. The van der Waals surface area contributed by atoms with E-state index >= 15 is 0 Å². The van der Waals surface area contributed by atoms with Gasteiger partial charge in [-0.1, -0.05) is 36.4 Å². The van der Waals surface area contributed by atoms with Crippen LogP contribution in [0.3, 0.4) is 0 Å². The summed E-state index contributed by atoms with van der Waals surface area (Å²) >= 11 is 0. The molecule has 2 saturated heterocycles. The van der Waals surface area contributed by atoms with E-state index in [1.165, 1.54) is 48.5 Å². The molecule has 3 aliphatic rings. The van der Waals surface area contributed by atoms with Crippen LogP contribution in [-0.2, 0) is 35.8 Å². The monoisotopic (exact) mass is 556 g/mol. The van der Waals surface area contributed by atoms with Gasteiger partial charge in [-0.25, -0.2) is 0 Å². The average Bonchev–Trinajstić information content (AvgIpc) is 3.60. The van der Waals surface area contributed by atoms with Crippen LogP contribution in [0.5, 0.6) is 11.5 Å². The largest absolute Gasteiger partial charge is 0.508 e. The van der Waals surface area contributed by atoms with Crippen molar-refractivity contribution in [3.05, 3.63) is 94.5 Å². The molecule has 1 atom stereocenters. The van der Waals surface area contributed by atoms with E-state index in [0.717, 1.165) is 23.4 Å². The Kier molecular flexibility index (Phi) is 8.96. The third-order valence-electron chi connectivity index (χ3n) is 7.64. The average molecular weight is 557 g/mol. The minimum atomic E-state index is -0.611. The van der Waals surface area contributed by atoms with Crippen LogP contribution < -0.4 is 15.8 Å². The normalized spacial score (nSPS) is 18.5. The molecule has 0 aromatic heterocycles. The summed E-state index contributed by atoms with van der Waals surface area (Å²) in [5, 5.41) is 11.7. The molecule has 3 aromatic carbocycles. The number of piperidine rings is 1. The second kappa shape index (κ2) is 13.0. The van der Waals surface area contributed by atoms with Crippen LogP contribution in [0.1, 0.15) is 58.3 Å². The van der Waals surface area contributed by atoms with Crippen LogP contribution in [0.4, 0.5) is 0 Å². The predicted octanol–water partition coefficient (Wildman–Crippen LogP) is 3.47. The molecule has 0 spiro atoms. The number of nitrogens with two attached hydrogens (primary N) is 1. The van der Waals surface area contributed by atoms with Crippen molar-refractivity contribution in [1.82, 2.24) is 15.1 Å². The zero-order chi connectivity index (χ0) is 28.8. The molecule has 9 nitrogen and oxygen atoms in total. The molecule has 0 bridgehead atoms. The number of amides is 3. The Labute approximate surface area is 239 Å². The van der Waals surface area contributed by atoms with Gasteiger partial charge in [-0.15, -0.1) is 0 Å². The van der Waals surface area contributed by atoms with Gasteiger partial charge in [0, 0.05) is 31.6 Å². The number of hydrogen-bond donors (Lipinski definition) is 3. The summed E-state index contributed by atoms with van der Waals surface area (Å²) in [6.07, 6.45) is 3.24. The van der Waals surface area contributed by atoms with E-state index < -0.39 is 11.9 Å². The van der Waals surface area contributed by atoms with E-state index in [2.05, 4.69) is 40.5 Å². The quantitative estimate of drug-likeness (QED) is 0.381. The minimum Gasteiger partial charge on any atom is -0.508 e. The molecule has 3 aromatic rings. The molecule has 3 heterocycles. The lowest BCUT2D eigenvalue weighted by molar-refractivity contribution is -0.136. The Morgan fingerprint density at radius 3 is 2.46 bits per heavy atom. The first-order chi connectivity index (χ1) is 19.9. The number of hydrogen-bond acceptors (Lipinski definition) is 7. The summed E-state index contributed by atoms with van der Waals surface area (Å²) in [6.45, 7) is 4.91. The van der Waals surface area contributed by atoms with Crippen LogP contribution in [0.25, 0.3) is 0 Å². The van der Waals surface area contributed by atoms with Gasteiger partial charge in [0.2, 0.25) is 11.8 Å². The van der Waals surface area contributed by atoms with Crippen LogP contribution >= 0.6 is 0 Å². The highest BCUT2D eigenvalue weighted by Crippen LogP contribution is 2.29. The van der Waals surface area contributed by atoms with Crippen LogP contribution in [0.2, 0.25) is 0 Å². The van der Waals surface area contributed by atoms with Crippen molar-refractivity contribution in [2.45, 2.75) is 58.0 Å². The van der Waals surface area contributed by atoms with Gasteiger partial charge >= 0.3 is 0 Å². The molecule has 4 N–H and O–H groups in total. The highest BCUT2D eigenvalue weighted by molar-refractivity contribution is 6.05. The van der Waals surface area contributed by atoms with E-state index in [1.54, 1.807) is 6.07 Å². The number of fused-ring (bicyclic) bond motifs is 1. The Hall–Kier alpha value is -4.21.